The molecule has 1 heterocycles. The van der Waals surface area contributed by atoms with Crippen LogP contribution in [0.15, 0.2) is 88.3 Å². The third-order valence-electron chi connectivity index (χ3n) is 6.31. The Morgan fingerprint density at radius 3 is 2.28 bits per heavy atom. The van der Waals surface area contributed by atoms with Crippen LogP contribution in [0.3, 0.4) is 0 Å². The molecule has 190 valence electrons. The number of hydrogen-bond donors (Lipinski definition) is 0. The maximum atomic E-state index is 4.68. The fourth-order valence-corrected chi connectivity index (χ4v) is 5.73. The van der Waals surface area contributed by atoms with Gasteiger partial charge in [0, 0.05) is 16.0 Å². The lowest BCUT2D eigenvalue weighted by Gasteiger charge is -2.25. The molecule has 0 amide bonds. The van der Waals surface area contributed by atoms with Gasteiger partial charge in [0.15, 0.2) is 0 Å². The zero-order valence-electron chi connectivity index (χ0n) is 23.3. The highest BCUT2D eigenvalue weighted by Gasteiger charge is 2.29. The average Bonchev–Trinajstić information content (AvgIpc) is 3.41. The van der Waals surface area contributed by atoms with E-state index in [4.69, 9.17) is 0 Å². The molecule has 1 unspecified atom stereocenters. The third-order valence-corrected chi connectivity index (χ3v) is 7.58. The van der Waals surface area contributed by atoms with Gasteiger partial charge in [-0.3, -0.25) is 4.99 Å². The first-order chi connectivity index (χ1) is 17.6. The summed E-state index contributed by atoms with van der Waals surface area (Å²) >= 11 is 1.89. The van der Waals surface area contributed by atoms with Gasteiger partial charge in [0.05, 0.1) is 11.6 Å². The van der Waals surface area contributed by atoms with E-state index < -0.39 is 0 Å². The highest BCUT2D eigenvalue weighted by atomic mass is 32.2. The van der Waals surface area contributed by atoms with E-state index in [1.54, 1.807) is 0 Å². The fraction of sp³-hybridized carbons (Fsp3) is 0.324. The second-order valence-electron chi connectivity index (χ2n) is 8.31. The van der Waals surface area contributed by atoms with Crippen LogP contribution in [0.2, 0.25) is 0 Å². The number of thioether (sulfide) groups is 1. The van der Waals surface area contributed by atoms with Crippen molar-refractivity contribution in [2.75, 3.05) is 0 Å². The van der Waals surface area contributed by atoms with Crippen molar-refractivity contribution in [3.63, 3.8) is 0 Å². The first kappa shape index (κ1) is 29.4. The monoisotopic (exact) mass is 497 g/mol. The maximum absolute atomic E-state index is 4.68. The van der Waals surface area contributed by atoms with Crippen molar-refractivity contribution in [2.45, 2.75) is 72.6 Å². The van der Waals surface area contributed by atoms with Crippen LogP contribution in [0.4, 0.5) is 0 Å². The number of rotatable bonds is 8. The molecule has 1 atom stereocenters. The Bertz CT molecular complexity index is 1190. The molecule has 1 nitrogen and oxygen atoms in total. The third kappa shape index (κ3) is 6.48. The SMILES string of the molecule is C=Cc1ccc(C2=CC3=NC=CC3C(Sc3ccc(CCC)c(CC)c3)=C2C)cc1C=C.CC.CC. The van der Waals surface area contributed by atoms with Gasteiger partial charge in [-0.1, -0.05) is 109 Å². The zero-order valence-corrected chi connectivity index (χ0v) is 24.1. The second-order valence-corrected chi connectivity index (χ2v) is 9.42. The van der Waals surface area contributed by atoms with Crippen molar-refractivity contribution >= 4 is 35.2 Å². The van der Waals surface area contributed by atoms with E-state index in [9.17, 15) is 0 Å². The molecule has 1 aliphatic carbocycles. The van der Waals surface area contributed by atoms with Gasteiger partial charge in [0.25, 0.3) is 0 Å². The Hall–Kier alpha value is -2.84. The lowest BCUT2D eigenvalue weighted by Crippen LogP contribution is -2.15. The molecule has 1 aliphatic heterocycles. The van der Waals surface area contributed by atoms with Gasteiger partial charge >= 0.3 is 0 Å². The van der Waals surface area contributed by atoms with Crippen molar-refractivity contribution in [1.82, 2.24) is 0 Å². The summed E-state index contributed by atoms with van der Waals surface area (Å²) in [7, 11) is 0. The number of hydrogen-bond acceptors (Lipinski definition) is 2. The summed E-state index contributed by atoms with van der Waals surface area (Å²) in [4.78, 5) is 7.36. The van der Waals surface area contributed by atoms with Crippen LogP contribution in [-0.2, 0) is 12.8 Å². The molecule has 0 radical (unpaired) electrons. The minimum Gasteiger partial charge on any atom is -0.261 e. The van der Waals surface area contributed by atoms with E-state index in [1.807, 2.05) is 57.8 Å². The molecule has 36 heavy (non-hydrogen) atoms. The lowest BCUT2D eigenvalue weighted by atomic mass is 9.85. The van der Waals surface area contributed by atoms with Crippen LogP contribution in [-0.4, -0.2) is 5.71 Å². The summed E-state index contributed by atoms with van der Waals surface area (Å²) in [6.07, 6.45) is 13.6. The van der Waals surface area contributed by atoms with Crippen LogP contribution < -0.4 is 0 Å². The first-order valence-electron chi connectivity index (χ1n) is 13.5. The Morgan fingerprint density at radius 2 is 1.64 bits per heavy atom. The van der Waals surface area contributed by atoms with Gasteiger partial charge in [-0.2, -0.15) is 0 Å². The van der Waals surface area contributed by atoms with Gasteiger partial charge in [-0.25, -0.2) is 0 Å². The maximum Gasteiger partial charge on any atom is 0.0528 e. The van der Waals surface area contributed by atoms with Gasteiger partial charge in [-0.15, -0.1) is 0 Å². The average molecular weight is 498 g/mol. The normalized spacial score (nSPS) is 15.6. The van der Waals surface area contributed by atoms with Crippen LogP contribution in [0.5, 0.6) is 0 Å². The van der Waals surface area contributed by atoms with E-state index in [0.29, 0.717) is 0 Å². The quantitative estimate of drug-likeness (QED) is 0.353. The van der Waals surface area contributed by atoms with Crippen LogP contribution in [0.25, 0.3) is 17.7 Å². The van der Waals surface area contributed by atoms with Crippen molar-refractivity contribution in [1.29, 1.82) is 0 Å². The van der Waals surface area contributed by atoms with Gasteiger partial charge in [0.1, 0.15) is 0 Å². The minimum atomic E-state index is 0.246. The second kappa shape index (κ2) is 14.7. The van der Waals surface area contributed by atoms with Crippen molar-refractivity contribution in [2.24, 2.45) is 10.9 Å². The molecule has 4 rings (SSSR count). The Labute approximate surface area is 224 Å². The number of benzene rings is 2. The first-order valence-corrected chi connectivity index (χ1v) is 14.3. The smallest absolute Gasteiger partial charge is 0.0528 e. The molecule has 0 spiro atoms. The van der Waals surface area contributed by atoms with Gasteiger partial charge < -0.3 is 0 Å². The highest BCUT2D eigenvalue weighted by Crippen LogP contribution is 2.45. The zero-order chi connectivity index (χ0) is 26.7. The molecule has 2 heteroatoms. The predicted octanol–water partition coefficient (Wildman–Crippen LogP) is 10.6. The number of nitrogens with zero attached hydrogens (tertiary/aromatic N) is 1. The van der Waals surface area contributed by atoms with Crippen molar-refractivity contribution in [3.8, 4) is 0 Å². The molecular weight excluding hydrogens is 454 g/mol. The van der Waals surface area contributed by atoms with Crippen LogP contribution in [0, 0.1) is 5.92 Å². The van der Waals surface area contributed by atoms with Crippen molar-refractivity contribution < 1.29 is 0 Å². The molecule has 0 N–H and O–H groups in total. The number of aliphatic imine (C=N–C) groups is 1. The number of allylic oxidation sites excluding steroid dienone is 5. The fourth-order valence-electron chi connectivity index (χ4n) is 4.54. The van der Waals surface area contributed by atoms with Crippen LogP contribution in [0.1, 0.15) is 82.7 Å². The molecule has 2 aromatic carbocycles. The van der Waals surface area contributed by atoms with E-state index in [-0.39, 0.29) is 5.92 Å². The summed E-state index contributed by atoms with van der Waals surface area (Å²) in [6, 6.07) is 13.5. The summed E-state index contributed by atoms with van der Waals surface area (Å²) in [5.74, 6) is 0.246. The summed E-state index contributed by atoms with van der Waals surface area (Å²) in [5.41, 5.74) is 10.0. The number of aryl methyl sites for hydroxylation is 2. The minimum absolute atomic E-state index is 0.246. The summed E-state index contributed by atoms with van der Waals surface area (Å²) < 4.78 is 0. The number of fused-ring (bicyclic) bond motifs is 1. The van der Waals surface area contributed by atoms with E-state index >= 15 is 0 Å². The summed E-state index contributed by atoms with van der Waals surface area (Å²) in [5, 5.41) is 0. The standard InChI is InChI=1S/C30H31NS.2C2H6/c1-6-10-24-13-14-26(18-23(24)9-4)32-30-20(5)28(19-29-27(30)15-16-31-29)25-12-11-21(7-2)22(8-3)17-25;2*1-2/h7-8,11-19,27H,2-3,6,9-10H2,1,4-5H3;2*1-2H3. The van der Waals surface area contributed by atoms with Crippen molar-refractivity contribution in [3.05, 3.63) is 106 Å². The summed E-state index contributed by atoms with van der Waals surface area (Å²) in [6.45, 7) is 22.7. The molecule has 0 saturated carbocycles. The molecule has 0 aromatic heterocycles. The van der Waals surface area contributed by atoms with Crippen LogP contribution >= 0.6 is 11.8 Å². The molecule has 0 saturated heterocycles. The molecular formula is C34H43NS. The lowest BCUT2D eigenvalue weighted by molar-refractivity contribution is 0.896. The van der Waals surface area contributed by atoms with E-state index in [1.165, 1.54) is 44.1 Å². The van der Waals surface area contributed by atoms with E-state index in [0.717, 1.165) is 29.7 Å². The molecule has 2 aliphatic rings. The highest BCUT2D eigenvalue weighted by molar-refractivity contribution is 8.03. The predicted molar refractivity (Wildman–Crippen MR) is 166 cm³/mol. The molecule has 0 bridgehead atoms. The Kier molecular flexibility index (Phi) is 12.0. The topological polar surface area (TPSA) is 12.4 Å². The Morgan fingerprint density at radius 1 is 0.917 bits per heavy atom. The van der Waals surface area contributed by atoms with E-state index in [2.05, 4.69) is 87.5 Å². The van der Waals surface area contributed by atoms with Gasteiger partial charge in [0.2, 0.25) is 0 Å². The molecule has 0 fully saturated rings. The Balaban J connectivity index is 0.00000109. The largest absolute Gasteiger partial charge is 0.261 e. The molecule has 2 aromatic rings. The van der Waals surface area contributed by atoms with Gasteiger partial charge in [-0.05, 0) is 83.0 Å².